The van der Waals surface area contributed by atoms with Gasteiger partial charge in [0.25, 0.3) is 0 Å². The molecule has 1 nitrogen and oxygen atoms in total. The zero-order chi connectivity index (χ0) is 10.4. The quantitative estimate of drug-likeness (QED) is 0.578. The van der Waals surface area contributed by atoms with E-state index in [1.54, 1.807) is 0 Å². The van der Waals surface area contributed by atoms with Crippen LogP contribution < -0.4 is 4.74 Å². The Bertz CT molecular complexity index is 271. The number of rotatable bonds is 5. The Morgan fingerprint density at radius 1 is 1.29 bits per heavy atom. The first-order valence-electron chi connectivity index (χ1n) is 5.08. The van der Waals surface area contributed by atoms with E-state index in [1.807, 2.05) is 12.1 Å². The molecule has 0 amide bonds. The minimum Gasteiger partial charge on any atom is -0.493 e. The molecular weight excluding hydrogens is 192 g/mol. The highest BCUT2D eigenvalue weighted by Gasteiger charge is 2.05. The molecule has 0 heterocycles. The van der Waals surface area contributed by atoms with Crippen molar-refractivity contribution >= 4 is 12.6 Å². The van der Waals surface area contributed by atoms with Crippen LogP contribution in [0.25, 0.3) is 0 Å². The van der Waals surface area contributed by atoms with Crippen LogP contribution in [0.5, 0.6) is 5.75 Å². The summed E-state index contributed by atoms with van der Waals surface area (Å²) in [6.07, 6.45) is 0.996. The van der Waals surface area contributed by atoms with Crippen molar-refractivity contribution in [1.82, 2.24) is 0 Å². The molecule has 78 valence electrons. The van der Waals surface area contributed by atoms with Crippen LogP contribution >= 0.6 is 12.6 Å². The normalized spacial score (nSPS) is 10.6. The van der Waals surface area contributed by atoms with E-state index >= 15 is 0 Å². The van der Waals surface area contributed by atoms with Gasteiger partial charge in [-0.15, -0.1) is 0 Å². The van der Waals surface area contributed by atoms with Crippen LogP contribution in [-0.4, -0.2) is 12.4 Å². The van der Waals surface area contributed by atoms with Crippen LogP contribution in [0.1, 0.15) is 31.7 Å². The molecule has 0 spiro atoms. The molecule has 0 aliphatic rings. The summed E-state index contributed by atoms with van der Waals surface area (Å²) in [5.41, 5.74) is 1.28. The molecule has 0 aliphatic carbocycles. The Morgan fingerprint density at radius 3 is 2.64 bits per heavy atom. The fraction of sp³-hybridized carbons (Fsp3) is 0.500. The molecule has 0 saturated carbocycles. The summed E-state index contributed by atoms with van der Waals surface area (Å²) >= 11 is 4.15. The lowest BCUT2D eigenvalue weighted by Gasteiger charge is -2.13. The Balaban J connectivity index is 2.64. The largest absolute Gasteiger partial charge is 0.493 e. The molecule has 1 rings (SSSR count). The summed E-state index contributed by atoms with van der Waals surface area (Å²) in [7, 11) is 0. The lowest BCUT2D eigenvalue weighted by Crippen LogP contribution is -2.01. The van der Waals surface area contributed by atoms with Crippen molar-refractivity contribution < 1.29 is 4.74 Å². The van der Waals surface area contributed by atoms with Gasteiger partial charge in [-0.05, 0) is 29.7 Å². The zero-order valence-electron chi connectivity index (χ0n) is 8.86. The van der Waals surface area contributed by atoms with Crippen LogP contribution in [0.2, 0.25) is 0 Å². The number of benzene rings is 1. The second kappa shape index (κ2) is 5.97. The predicted octanol–water partition coefficient (Wildman–Crippen LogP) is 3.51. The number of thiol groups is 1. The van der Waals surface area contributed by atoms with Crippen LogP contribution in [0.3, 0.4) is 0 Å². The molecule has 1 aromatic rings. The predicted molar refractivity (Wildman–Crippen MR) is 64.5 cm³/mol. The molecular formula is C12H18OS. The second-order valence-corrected chi connectivity index (χ2v) is 4.07. The summed E-state index contributed by atoms with van der Waals surface area (Å²) in [4.78, 5) is 0. The topological polar surface area (TPSA) is 9.23 Å². The lowest BCUT2D eigenvalue weighted by molar-refractivity contribution is 0.314. The summed E-state index contributed by atoms with van der Waals surface area (Å²) in [6, 6.07) is 8.23. The first-order chi connectivity index (χ1) is 6.75. The molecule has 0 fully saturated rings. The highest BCUT2D eigenvalue weighted by Crippen LogP contribution is 2.25. The number of hydrogen-bond acceptors (Lipinski definition) is 2. The van der Waals surface area contributed by atoms with Gasteiger partial charge >= 0.3 is 0 Å². The third-order valence-corrected chi connectivity index (χ3v) is 2.42. The highest BCUT2D eigenvalue weighted by molar-refractivity contribution is 7.80. The Kier molecular flexibility index (Phi) is 4.88. The molecule has 14 heavy (non-hydrogen) atoms. The smallest absolute Gasteiger partial charge is 0.122 e. The zero-order valence-corrected chi connectivity index (χ0v) is 9.76. The van der Waals surface area contributed by atoms with E-state index in [-0.39, 0.29) is 0 Å². The summed E-state index contributed by atoms with van der Waals surface area (Å²) in [5.74, 6) is 2.41. The monoisotopic (exact) mass is 210 g/mol. The van der Waals surface area contributed by atoms with E-state index in [0.29, 0.717) is 5.92 Å². The van der Waals surface area contributed by atoms with E-state index < -0.39 is 0 Å². The SMILES string of the molecule is CC(C)c1ccccc1OCCCS. The molecule has 0 atom stereocenters. The standard InChI is InChI=1S/C12H18OS/c1-10(2)11-6-3-4-7-12(11)13-8-5-9-14/h3-4,6-7,10,14H,5,8-9H2,1-2H3. The lowest BCUT2D eigenvalue weighted by atomic mass is 10.0. The summed E-state index contributed by atoms with van der Waals surface area (Å²) in [5, 5.41) is 0. The van der Waals surface area contributed by atoms with Gasteiger partial charge in [0.15, 0.2) is 0 Å². The van der Waals surface area contributed by atoms with Crippen LogP contribution in [0, 0.1) is 0 Å². The average molecular weight is 210 g/mol. The number of hydrogen-bond donors (Lipinski definition) is 1. The molecule has 0 saturated heterocycles. The average Bonchev–Trinajstić information content (AvgIpc) is 2.19. The second-order valence-electron chi connectivity index (χ2n) is 3.62. The Morgan fingerprint density at radius 2 is 2.00 bits per heavy atom. The van der Waals surface area contributed by atoms with E-state index in [4.69, 9.17) is 4.74 Å². The van der Waals surface area contributed by atoms with Gasteiger partial charge in [0.2, 0.25) is 0 Å². The van der Waals surface area contributed by atoms with Gasteiger partial charge in [0.1, 0.15) is 5.75 Å². The van der Waals surface area contributed by atoms with Crippen molar-refractivity contribution in [3.63, 3.8) is 0 Å². The summed E-state index contributed by atoms with van der Waals surface area (Å²) in [6.45, 7) is 5.12. The van der Waals surface area contributed by atoms with Gasteiger partial charge in [0.05, 0.1) is 6.61 Å². The molecule has 2 heteroatoms. The molecule has 0 aliphatic heterocycles. The third kappa shape index (κ3) is 3.26. The molecule has 0 bridgehead atoms. The van der Waals surface area contributed by atoms with Gasteiger partial charge in [-0.1, -0.05) is 32.0 Å². The minimum atomic E-state index is 0.516. The first-order valence-corrected chi connectivity index (χ1v) is 5.71. The molecule has 1 aromatic carbocycles. The highest BCUT2D eigenvalue weighted by atomic mass is 32.1. The maximum absolute atomic E-state index is 5.69. The molecule has 0 unspecified atom stereocenters. The van der Waals surface area contributed by atoms with Gasteiger partial charge in [-0.25, -0.2) is 0 Å². The molecule has 0 N–H and O–H groups in total. The van der Waals surface area contributed by atoms with Crippen molar-refractivity contribution in [3.8, 4) is 5.75 Å². The number of ether oxygens (including phenoxy) is 1. The maximum atomic E-state index is 5.69. The Labute approximate surface area is 91.9 Å². The maximum Gasteiger partial charge on any atom is 0.122 e. The van der Waals surface area contributed by atoms with Crippen LogP contribution in [-0.2, 0) is 0 Å². The van der Waals surface area contributed by atoms with Gasteiger partial charge in [-0.3, -0.25) is 0 Å². The minimum absolute atomic E-state index is 0.516. The van der Waals surface area contributed by atoms with E-state index in [0.717, 1.165) is 24.5 Å². The van der Waals surface area contributed by atoms with Crippen molar-refractivity contribution in [1.29, 1.82) is 0 Å². The van der Waals surface area contributed by atoms with Crippen molar-refractivity contribution in [2.45, 2.75) is 26.2 Å². The van der Waals surface area contributed by atoms with E-state index in [9.17, 15) is 0 Å². The van der Waals surface area contributed by atoms with Crippen molar-refractivity contribution in [2.75, 3.05) is 12.4 Å². The van der Waals surface area contributed by atoms with E-state index in [1.165, 1.54) is 5.56 Å². The summed E-state index contributed by atoms with van der Waals surface area (Å²) < 4.78 is 5.69. The Hall–Kier alpha value is -0.630. The van der Waals surface area contributed by atoms with Crippen molar-refractivity contribution in [2.24, 2.45) is 0 Å². The van der Waals surface area contributed by atoms with Crippen LogP contribution in [0.4, 0.5) is 0 Å². The van der Waals surface area contributed by atoms with Gasteiger partial charge < -0.3 is 4.74 Å². The third-order valence-electron chi connectivity index (χ3n) is 2.10. The fourth-order valence-electron chi connectivity index (χ4n) is 1.34. The van der Waals surface area contributed by atoms with Gasteiger partial charge in [-0.2, -0.15) is 12.6 Å². The van der Waals surface area contributed by atoms with Gasteiger partial charge in [0, 0.05) is 0 Å². The van der Waals surface area contributed by atoms with E-state index in [2.05, 4.69) is 38.6 Å². The molecule has 0 aromatic heterocycles. The van der Waals surface area contributed by atoms with Crippen LogP contribution in [0.15, 0.2) is 24.3 Å². The molecule has 0 radical (unpaired) electrons. The number of para-hydroxylation sites is 1. The fourth-order valence-corrected chi connectivity index (χ4v) is 1.46. The van der Waals surface area contributed by atoms with Crippen molar-refractivity contribution in [3.05, 3.63) is 29.8 Å². The first kappa shape index (κ1) is 11.4.